The van der Waals surface area contributed by atoms with Crippen LogP contribution in [0.4, 0.5) is 0 Å². The first kappa shape index (κ1) is 12.9. The molecule has 0 heterocycles. The molecule has 0 saturated heterocycles. The lowest BCUT2D eigenvalue weighted by Crippen LogP contribution is -2.53. The maximum atomic E-state index is 11.8. The van der Waals surface area contributed by atoms with Crippen molar-refractivity contribution in [1.29, 1.82) is 0 Å². The molecule has 0 spiro atoms. The van der Waals surface area contributed by atoms with Crippen molar-refractivity contribution in [2.75, 3.05) is 0 Å². The Morgan fingerprint density at radius 3 is 2.39 bits per heavy atom. The summed E-state index contributed by atoms with van der Waals surface area (Å²) in [6.45, 7) is 1.81. The summed E-state index contributed by atoms with van der Waals surface area (Å²) in [5, 5.41) is 12.7. The highest BCUT2D eigenvalue weighted by Crippen LogP contribution is 2.27. The fourth-order valence-electron chi connectivity index (χ4n) is 2.57. The molecule has 1 amide bonds. The lowest BCUT2D eigenvalue weighted by atomic mass is 9.90. The SMILES string of the molecule is CC(NC1CCCC1)(C(N)=O)c1ccc(O)cc1. The van der Waals surface area contributed by atoms with Crippen LogP contribution in [0.5, 0.6) is 5.75 Å². The predicted octanol–water partition coefficient (Wildman–Crippen LogP) is 1.62. The van der Waals surface area contributed by atoms with Crippen LogP contribution in [0.3, 0.4) is 0 Å². The Morgan fingerprint density at radius 1 is 1.33 bits per heavy atom. The van der Waals surface area contributed by atoms with E-state index < -0.39 is 5.54 Å². The second kappa shape index (κ2) is 4.98. The first-order valence-electron chi connectivity index (χ1n) is 6.39. The van der Waals surface area contributed by atoms with Gasteiger partial charge in [0.2, 0.25) is 5.91 Å². The Labute approximate surface area is 107 Å². The standard InChI is InChI=1S/C14H20N2O2/c1-14(13(15)18,16-11-4-2-3-5-11)10-6-8-12(17)9-7-10/h6-9,11,16-17H,2-5H2,1H3,(H2,15,18). The van der Waals surface area contributed by atoms with E-state index in [1.165, 1.54) is 12.8 Å². The van der Waals surface area contributed by atoms with E-state index in [-0.39, 0.29) is 11.7 Å². The van der Waals surface area contributed by atoms with Crippen LogP contribution in [-0.2, 0) is 10.3 Å². The Hall–Kier alpha value is -1.55. The van der Waals surface area contributed by atoms with Gasteiger partial charge in [0.1, 0.15) is 11.3 Å². The third kappa shape index (κ3) is 2.48. The highest BCUT2D eigenvalue weighted by Gasteiger charge is 2.35. The predicted molar refractivity (Wildman–Crippen MR) is 70.0 cm³/mol. The van der Waals surface area contributed by atoms with Gasteiger partial charge >= 0.3 is 0 Å². The van der Waals surface area contributed by atoms with Crippen molar-refractivity contribution in [3.63, 3.8) is 0 Å². The van der Waals surface area contributed by atoms with Gasteiger partial charge in [0.15, 0.2) is 0 Å². The molecule has 4 N–H and O–H groups in total. The summed E-state index contributed by atoms with van der Waals surface area (Å²) in [4.78, 5) is 11.8. The minimum Gasteiger partial charge on any atom is -0.508 e. The Morgan fingerprint density at radius 2 is 1.89 bits per heavy atom. The minimum atomic E-state index is -0.872. The lowest BCUT2D eigenvalue weighted by molar-refractivity contribution is -0.124. The number of hydrogen-bond donors (Lipinski definition) is 3. The number of carbonyl (C=O) groups excluding carboxylic acids is 1. The van der Waals surface area contributed by atoms with Gasteiger partial charge in [-0.05, 0) is 37.5 Å². The normalized spacial score (nSPS) is 19.6. The van der Waals surface area contributed by atoms with Crippen LogP contribution < -0.4 is 11.1 Å². The molecular weight excluding hydrogens is 228 g/mol. The van der Waals surface area contributed by atoms with Gasteiger partial charge < -0.3 is 10.8 Å². The fourth-order valence-corrected chi connectivity index (χ4v) is 2.57. The van der Waals surface area contributed by atoms with Crippen molar-refractivity contribution < 1.29 is 9.90 Å². The Balaban J connectivity index is 2.25. The third-order valence-electron chi connectivity index (χ3n) is 3.79. The van der Waals surface area contributed by atoms with Crippen molar-refractivity contribution in [2.45, 2.75) is 44.2 Å². The molecule has 4 nitrogen and oxygen atoms in total. The van der Waals surface area contributed by atoms with E-state index in [2.05, 4.69) is 5.32 Å². The number of phenols is 1. The zero-order valence-corrected chi connectivity index (χ0v) is 10.6. The van der Waals surface area contributed by atoms with Crippen LogP contribution >= 0.6 is 0 Å². The molecule has 1 aliphatic carbocycles. The number of aromatic hydroxyl groups is 1. The highest BCUT2D eigenvalue weighted by molar-refractivity contribution is 5.85. The van der Waals surface area contributed by atoms with Crippen molar-refractivity contribution in [3.05, 3.63) is 29.8 Å². The summed E-state index contributed by atoms with van der Waals surface area (Å²) in [5.74, 6) is -0.202. The van der Waals surface area contributed by atoms with E-state index in [0.29, 0.717) is 6.04 Å². The molecule has 1 atom stereocenters. The molecule has 98 valence electrons. The number of hydrogen-bond acceptors (Lipinski definition) is 3. The molecule has 1 unspecified atom stereocenters. The maximum absolute atomic E-state index is 11.8. The van der Waals surface area contributed by atoms with Crippen LogP contribution in [-0.4, -0.2) is 17.1 Å². The number of benzene rings is 1. The second-order valence-corrected chi connectivity index (χ2v) is 5.16. The molecule has 1 aromatic rings. The zero-order chi connectivity index (χ0) is 13.2. The summed E-state index contributed by atoms with van der Waals surface area (Å²) in [6.07, 6.45) is 4.56. The monoisotopic (exact) mass is 248 g/mol. The summed E-state index contributed by atoms with van der Waals surface area (Å²) in [5.41, 5.74) is 5.47. The molecule has 0 bridgehead atoms. The van der Waals surface area contributed by atoms with E-state index in [4.69, 9.17) is 5.73 Å². The smallest absolute Gasteiger partial charge is 0.242 e. The molecule has 0 aliphatic heterocycles. The number of primary amides is 1. The zero-order valence-electron chi connectivity index (χ0n) is 10.6. The van der Waals surface area contributed by atoms with Gasteiger partial charge in [-0.25, -0.2) is 0 Å². The number of rotatable bonds is 4. The molecule has 0 aromatic heterocycles. The molecule has 1 aliphatic rings. The average Bonchev–Trinajstić information content (AvgIpc) is 2.82. The van der Waals surface area contributed by atoms with E-state index in [1.807, 2.05) is 0 Å². The fraction of sp³-hybridized carbons (Fsp3) is 0.500. The number of nitrogens with one attached hydrogen (secondary N) is 1. The van der Waals surface area contributed by atoms with Crippen molar-refractivity contribution in [3.8, 4) is 5.75 Å². The van der Waals surface area contributed by atoms with Gasteiger partial charge in [-0.15, -0.1) is 0 Å². The van der Waals surface area contributed by atoms with Gasteiger partial charge in [-0.3, -0.25) is 10.1 Å². The first-order valence-corrected chi connectivity index (χ1v) is 6.39. The van der Waals surface area contributed by atoms with E-state index >= 15 is 0 Å². The average molecular weight is 248 g/mol. The number of amides is 1. The molecule has 1 aromatic carbocycles. The molecule has 18 heavy (non-hydrogen) atoms. The van der Waals surface area contributed by atoms with Crippen LogP contribution in [0.15, 0.2) is 24.3 Å². The van der Waals surface area contributed by atoms with Crippen molar-refractivity contribution in [1.82, 2.24) is 5.32 Å². The van der Waals surface area contributed by atoms with Crippen molar-refractivity contribution >= 4 is 5.91 Å². The second-order valence-electron chi connectivity index (χ2n) is 5.16. The van der Waals surface area contributed by atoms with Crippen LogP contribution in [0.25, 0.3) is 0 Å². The van der Waals surface area contributed by atoms with Gasteiger partial charge in [0.05, 0.1) is 0 Å². The molecular formula is C14H20N2O2. The van der Waals surface area contributed by atoms with E-state index in [9.17, 15) is 9.90 Å². The summed E-state index contributed by atoms with van der Waals surface area (Å²) in [7, 11) is 0. The highest BCUT2D eigenvalue weighted by atomic mass is 16.3. The Kier molecular flexibility index (Phi) is 3.57. The number of nitrogens with two attached hydrogens (primary N) is 1. The molecule has 2 rings (SSSR count). The van der Waals surface area contributed by atoms with Gasteiger partial charge in [-0.2, -0.15) is 0 Å². The van der Waals surface area contributed by atoms with Gasteiger partial charge in [-0.1, -0.05) is 25.0 Å². The molecule has 4 heteroatoms. The lowest BCUT2D eigenvalue weighted by Gasteiger charge is -2.31. The summed E-state index contributed by atoms with van der Waals surface area (Å²) < 4.78 is 0. The van der Waals surface area contributed by atoms with Crippen molar-refractivity contribution in [2.24, 2.45) is 5.73 Å². The molecule has 0 radical (unpaired) electrons. The molecule has 1 saturated carbocycles. The Bertz CT molecular complexity index is 424. The van der Waals surface area contributed by atoms with Crippen LogP contribution in [0.1, 0.15) is 38.2 Å². The maximum Gasteiger partial charge on any atom is 0.242 e. The quantitative estimate of drug-likeness (QED) is 0.758. The van der Waals surface area contributed by atoms with Gasteiger partial charge in [0.25, 0.3) is 0 Å². The summed E-state index contributed by atoms with van der Waals surface area (Å²) >= 11 is 0. The molecule has 1 fully saturated rings. The van der Waals surface area contributed by atoms with E-state index in [1.54, 1.807) is 31.2 Å². The topological polar surface area (TPSA) is 75.3 Å². The van der Waals surface area contributed by atoms with Crippen LogP contribution in [0, 0.1) is 0 Å². The van der Waals surface area contributed by atoms with Gasteiger partial charge in [0, 0.05) is 6.04 Å². The first-order chi connectivity index (χ1) is 8.52. The largest absolute Gasteiger partial charge is 0.508 e. The minimum absolute atomic E-state index is 0.187. The number of carbonyl (C=O) groups is 1. The number of phenolic OH excluding ortho intramolecular Hbond substituents is 1. The van der Waals surface area contributed by atoms with E-state index in [0.717, 1.165) is 18.4 Å². The third-order valence-corrected chi connectivity index (χ3v) is 3.79. The van der Waals surface area contributed by atoms with Crippen LogP contribution in [0.2, 0.25) is 0 Å². The summed E-state index contributed by atoms with van der Waals surface area (Å²) in [6, 6.07) is 6.97.